The molecule has 482 valence electrons. The minimum Gasteiger partial charge on any atom is -0.480 e. The summed E-state index contributed by atoms with van der Waals surface area (Å²) in [5.41, 5.74) is 8.85. The largest absolute Gasteiger partial charge is 0.480 e. The van der Waals surface area contributed by atoms with Crippen LogP contribution in [0.3, 0.4) is 0 Å². The van der Waals surface area contributed by atoms with Gasteiger partial charge in [-0.3, -0.25) is 28.8 Å². The lowest BCUT2D eigenvalue weighted by molar-refractivity contribution is -0.224. The minimum absolute atomic E-state index is 0.00591. The molecule has 2 fully saturated rings. The van der Waals surface area contributed by atoms with Crippen LogP contribution in [0.5, 0.6) is 0 Å². The van der Waals surface area contributed by atoms with Crippen LogP contribution >= 0.6 is 34.8 Å². The van der Waals surface area contributed by atoms with Crippen molar-refractivity contribution in [3.63, 3.8) is 0 Å². The van der Waals surface area contributed by atoms with E-state index < -0.39 is 132 Å². The van der Waals surface area contributed by atoms with Gasteiger partial charge < -0.3 is 49.5 Å². The number of alkyl carbamates (subject to hydrolysis) is 1. The van der Waals surface area contributed by atoms with Gasteiger partial charge in [-0.2, -0.15) is 0 Å². The Morgan fingerprint density at radius 3 is 1.58 bits per heavy atom. The minimum atomic E-state index is -2.16. The molecule has 4 aromatic rings. The highest BCUT2D eigenvalue weighted by Crippen LogP contribution is 2.30. The number of carboxylic acids is 1. The molecule has 0 unspecified atom stereocenters. The van der Waals surface area contributed by atoms with E-state index in [1.807, 2.05) is 6.07 Å². The predicted octanol–water partition coefficient (Wildman–Crippen LogP) is 6.95. The van der Waals surface area contributed by atoms with Gasteiger partial charge in [0, 0.05) is 27.2 Å². The molecule has 4 N–H and O–H groups in total. The van der Waals surface area contributed by atoms with E-state index in [1.165, 1.54) is 28.0 Å². The molecule has 0 aromatic heterocycles. The number of methoxy groups -OCH3 is 1. The first-order valence-corrected chi connectivity index (χ1v) is 29.8. The molecule has 89 heavy (non-hydrogen) atoms. The SMILES string of the molecule is COC[C@@H](C(=O)N(C)[C@H](C)C(=O)N1[C@H](C(=O)O)CCCN1C(=O)OCc1ccccc1)N(OCc1ccccc1)C(=O)[C@H]1CCCN(C(=O)OCc2ccccc2)N1C(=O)[C@@H](NC(=O)OCC(Cl)(Cl)Cl)[C@@H](OC(=O)[C@H](N)[C@H](C)OCc1ccccc1)C(C)C. The normalized spacial score (nSPS) is 17.2. The topological polar surface area (TPSA) is 296 Å². The second kappa shape index (κ2) is 33.7. The lowest BCUT2D eigenvalue weighted by Gasteiger charge is -2.46. The summed E-state index contributed by atoms with van der Waals surface area (Å²) in [6.07, 6.45) is -6.40. The van der Waals surface area contributed by atoms with Crippen LogP contribution < -0.4 is 11.1 Å². The van der Waals surface area contributed by atoms with Crippen molar-refractivity contribution in [2.75, 3.05) is 40.5 Å². The van der Waals surface area contributed by atoms with E-state index in [4.69, 9.17) is 73.8 Å². The molecule has 0 spiro atoms. The zero-order valence-electron chi connectivity index (χ0n) is 50.1. The van der Waals surface area contributed by atoms with E-state index in [9.17, 15) is 33.9 Å². The first-order chi connectivity index (χ1) is 42.4. The van der Waals surface area contributed by atoms with E-state index in [0.29, 0.717) is 26.8 Å². The molecule has 0 radical (unpaired) electrons. The van der Waals surface area contributed by atoms with Crippen LogP contribution in [0.4, 0.5) is 14.4 Å². The van der Waals surface area contributed by atoms with Gasteiger partial charge in [-0.05, 0) is 67.7 Å². The number of nitrogens with one attached hydrogen (secondary N) is 1. The summed E-state index contributed by atoms with van der Waals surface area (Å²) in [5.74, 6) is -7.88. The van der Waals surface area contributed by atoms with Crippen molar-refractivity contribution in [1.29, 1.82) is 0 Å². The summed E-state index contributed by atoms with van der Waals surface area (Å²) in [6, 6.07) is 24.2. The molecule has 4 aromatic carbocycles. The maximum atomic E-state index is 16.0. The van der Waals surface area contributed by atoms with Crippen LogP contribution in [-0.4, -0.2) is 182 Å². The summed E-state index contributed by atoms with van der Waals surface area (Å²) in [5, 5.41) is 16.6. The Labute approximate surface area is 530 Å². The number of halogens is 3. The Hall–Kier alpha value is -7.78. The average molecular weight is 1300 g/mol. The number of amides is 7. The molecule has 2 aliphatic rings. The van der Waals surface area contributed by atoms with Crippen molar-refractivity contribution in [3.05, 3.63) is 144 Å². The number of alkyl halides is 3. The fraction of sp³-hybridized carbons (Fsp3) is 0.459. The number of carbonyl (C=O) groups is 9. The average Bonchev–Trinajstić information content (AvgIpc) is 1.17. The van der Waals surface area contributed by atoms with Gasteiger partial charge in [0.2, 0.25) is 3.79 Å². The fourth-order valence-electron chi connectivity index (χ4n) is 9.61. The number of benzene rings is 4. The lowest BCUT2D eigenvalue weighted by atomic mass is 9.96. The maximum absolute atomic E-state index is 16.0. The molecule has 25 nitrogen and oxygen atoms in total. The van der Waals surface area contributed by atoms with Crippen LogP contribution in [-0.2, 0) is 88.5 Å². The molecule has 2 saturated heterocycles. The van der Waals surface area contributed by atoms with Crippen molar-refractivity contribution in [1.82, 2.24) is 35.3 Å². The molecule has 8 atom stereocenters. The van der Waals surface area contributed by atoms with Crippen LogP contribution in [0.2, 0.25) is 0 Å². The van der Waals surface area contributed by atoms with Gasteiger partial charge in [-0.25, -0.2) is 44.3 Å². The molecule has 2 aliphatic heterocycles. The Morgan fingerprint density at radius 2 is 1.12 bits per heavy atom. The Morgan fingerprint density at radius 1 is 0.663 bits per heavy atom. The first kappa shape index (κ1) is 70.3. The number of carboxylic acid groups (broad SMARTS) is 1. The number of hydrazine groups is 2. The van der Waals surface area contributed by atoms with Gasteiger partial charge in [0.25, 0.3) is 23.6 Å². The van der Waals surface area contributed by atoms with Gasteiger partial charge in [0.05, 0.1) is 19.3 Å². The van der Waals surface area contributed by atoms with Gasteiger partial charge in [0.1, 0.15) is 50.7 Å². The number of rotatable bonds is 26. The van der Waals surface area contributed by atoms with Crippen molar-refractivity contribution in [2.24, 2.45) is 11.7 Å². The quantitative estimate of drug-likeness (QED) is 0.0248. The van der Waals surface area contributed by atoms with E-state index in [-0.39, 0.29) is 58.6 Å². The van der Waals surface area contributed by atoms with Gasteiger partial charge in [0.15, 0.2) is 18.1 Å². The molecule has 0 saturated carbocycles. The van der Waals surface area contributed by atoms with Crippen LogP contribution in [0, 0.1) is 5.92 Å². The molecular formula is C61H75Cl3N8O17. The molecule has 7 amide bonds. The number of carbonyl (C=O) groups excluding carboxylic acids is 8. The highest BCUT2D eigenvalue weighted by molar-refractivity contribution is 6.67. The zero-order chi connectivity index (χ0) is 65.0. The summed E-state index contributed by atoms with van der Waals surface area (Å²) in [6.45, 7) is 3.12. The molecule has 0 aliphatic carbocycles. The predicted molar refractivity (Wildman–Crippen MR) is 322 cm³/mol. The number of hydroxylamine groups is 2. The molecule has 6 rings (SSSR count). The third-order valence-electron chi connectivity index (χ3n) is 14.5. The van der Waals surface area contributed by atoms with E-state index in [0.717, 1.165) is 25.5 Å². The number of ether oxygens (including phenoxy) is 6. The Balaban J connectivity index is 1.41. The Kier molecular flexibility index (Phi) is 26.6. The van der Waals surface area contributed by atoms with Gasteiger partial charge in [-0.15, -0.1) is 0 Å². The van der Waals surface area contributed by atoms with E-state index >= 15 is 14.4 Å². The van der Waals surface area contributed by atoms with Crippen molar-refractivity contribution in [3.8, 4) is 0 Å². The van der Waals surface area contributed by atoms with Gasteiger partial charge >= 0.3 is 30.2 Å². The third kappa shape index (κ3) is 19.9. The van der Waals surface area contributed by atoms with E-state index in [1.54, 1.807) is 129 Å². The number of nitrogens with two attached hydrogens (primary N) is 1. The van der Waals surface area contributed by atoms with Crippen LogP contribution in [0.1, 0.15) is 75.6 Å². The Bertz CT molecular complexity index is 3010. The molecule has 28 heteroatoms. The summed E-state index contributed by atoms with van der Waals surface area (Å²) in [4.78, 5) is 139. The second-order valence-electron chi connectivity index (χ2n) is 21.4. The number of hydrogen-bond acceptors (Lipinski definition) is 17. The summed E-state index contributed by atoms with van der Waals surface area (Å²) >= 11 is 17.9. The smallest absolute Gasteiger partial charge is 0.429 e. The number of likely N-dealkylation sites (N-methyl/N-ethyl adjacent to an activating group) is 1. The fourth-order valence-corrected chi connectivity index (χ4v) is 9.77. The van der Waals surface area contributed by atoms with Crippen molar-refractivity contribution >= 4 is 88.6 Å². The molecule has 0 bridgehead atoms. The number of aliphatic carboxylic acids is 1. The molecular weight excluding hydrogens is 1220 g/mol. The standard InChI is InChI=1S/C61H75Cl3N8O17/c1-39(2)51(89-57(79)49(65)41(4)84-33-42-21-11-7-12-22-42)50(66-58(80)87-38-61(62,63)64)55(76)70-46(29-19-31-68(70)59(81)85-34-43-23-13-8-14-24-43)54(75)72(88-36-45-27-17-10-18-28-45)48(37-83-6)53(74)67(5)40(3)52(73)71-47(56(77)78)30-20-32-69(71)60(82)86-35-44-25-15-9-16-26-44/h7-18,21-28,39-41,46-51H,19-20,29-38,65H2,1-6H3,(H,66,80)(H,77,78)/t40-,41+,46-,47+,48+,49-,50+,51+/m1/s1. The third-order valence-corrected chi connectivity index (χ3v) is 14.9. The maximum Gasteiger partial charge on any atom is 0.429 e. The van der Waals surface area contributed by atoms with Crippen molar-refractivity contribution in [2.45, 2.75) is 132 Å². The number of nitrogens with zero attached hydrogens (tertiary/aromatic N) is 6. The van der Waals surface area contributed by atoms with Crippen LogP contribution in [0.15, 0.2) is 121 Å². The zero-order valence-corrected chi connectivity index (χ0v) is 52.4. The highest BCUT2D eigenvalue weighted by Gasteiger charge is 2.51. The van der Waals surface area contributed by atoms with E-state index in [2.05, 4.69) is 5.32 Å². The van der Waals surface area contributed by atoms with Gasteiger partial charge in [-0.1, -0.05) is 170 Å². The highest BCUT2D eigenvalue weighted by atomic mass is 35.6. The first-order valence-electron chi connectivity index (χ1n) is 28.6. The number of esters is 1. The monoisotopic (exact) mass is 1300 g/mol. The lowest BCUT2D eigenvalue weighted by Crippen LogP contribution is -2.69. The van der Waals surface area contributed by atoms with Crippen molar-refractivity contribution < 1.29 is 81.5 Å². The van der Waals surface area contributed by atoms with Crippen LogP contribution in [0.25, 0.3) is 0 Å². The number of hydrogen-bond donors (Lipinski definition) is 3. The second-order valence-corrected chi connectivity index (χ2v) is 23.9. The summed E-state index contributed by atoms with van der Waals surface area (Å²) in [7, 11) is 2.42. The molecule has 2 heterocycles. The summed E-state index contributed by atoms with van der Waals surface area (Å²) < 4.78 is 31.9.